The van der Waals surface area contributed by atoms with Crippen LogP contribution < -0.4 is 0 Å². The number of ether oxygens (including phenoxy) is 1. The molecule has 0 bridgehead atoms. The lowest BCUT2D eigenvalue weighted by Gasteiger charge is -2.15. The van der Waals surface area contributed by atoms with Crippen molar-refractivity contribution in [1.82, 2.24) is 0 Å². The van der Waals surface area contributed by atoms with Gasteiger partial charge in [-0.05, 0) is 13.3 Å². The van der Waals surface area contributed by atoms with Gasteiger partial charge in [0.25, 0.3) is 0 Å². The third-order valence-corrected chi connectivity index (χ3v) is 2.54. The number of hydrogen-bond donors (Lipinski definition) is 0. The molecule has 0 saturated heterocycles. The standard InChI is InChI=1S/C14H20O2/c1-3-5-11-13(16-4-2)14(15)12-9-7-6-8-10-12/h6-10,13H,3-5,11H2,1-2H3. The molecule has 0 aromatic heterocycles. The minimum Gasteiger partial charge on any atom is -0.370 e. The zero-order valence-corrected chi connectivity index (χ0v) is 10.1. The van der Waals surface area contributed by atoms with E-state index in [1.54, 1.807) is 0 Å². The minimum atomic E-state index is -0.271. The van der Waals surface area contributed by atoms with Crippen LogP contribution in [-0.2, 0) is 4.74 Å². The Hall–Kier alpha value is -1.15. The van der Waals surface area contributed by atoms with Crippen molar-refractivity contribution in [2.45, 2.75) is 39.2 Å². The maximum atomic E-state index is 12.1. The third-order valence-electron chi connectivity index (χ3n) is 2.54. The Morgan fingerprint density at radius 1 is 1.25 bits per heavy atom. The molecule has 0 saturated carbocycles. The summed E-state index contributed by atoms with van der Waals surface area (Å²) in [7, 11) is 0. The number of benzene rings is 1. The summed E-state index contributed by atoms with van der Waals surface area (Å²) in [6.45, 7) is 4.64. The van der Waals surface area contributed by atoms with Crippen molar-refractivity contribution in [3.05, 3.63) is 35.9 Å². The molecule has 2 heteroatoms. The van der Waals surface area contributed by atoms with Gasteiger partial charge in [0.1, 0.15) is 6.10 Å². The van der Waals surface area contributed by atoms with E-state index >= 15 is 0 Å². The van der Waals surface area contributed by atoms with Crippen molar-refractivity contribution in [2.24, 2.45) is 0 Å². The average molecular weight is 220 g/mol. The number of unbranched alkanes of at least 4 members (excludes halogenated alkanes) is 1. The van der Waals surface area contributed by atoms with Crippen LogP contribution in [0.25, 0.3) is 0 Å². The molecular formula is C14H20O2. The number of hydrogen-bond acceptors (Lipinski definition) is 2. The Kier molecular flexibility index (Phi) is 5.79. The highest BCUT2D eigenvalue weighted by molar-refractivity contribution is 5.99. The maximum Gasteiger partial charge on any atom is 0.191 e. The van der Waals surface area contributed by atoms with Gasteiger partial charge < -0.3 is 4.74 Å². The fourth-order valence-electron chi connectivity index (χ4n) is 1.67. The molecule has 0 aliphatic heterocycles. The molecule has 1 unspecified atom stereocenters. The summed E-state index contributed by atoms with van der Waals surface area (Å²) in [5.74, 6) is 0.107. The van der Waals surface area contributed by atoms with E-state index < -0.39 is 0 Å². The topological polar surface area (TPSA) is 26.3 Å². The van der Waals surface area contributed by atoms with Crippen LogP contribution in [0.4, 0.5) is 0 Å². The SMILES string of the molecule is CCCCC(OCC)C(=O)c1ccccc1. The molecule has 16 heavy (non-hydrogen) atoms. The Bertz CT molecular complexity index is 306. The second kappa shape index (κ2) is 7.18. The van der Waals surface area contributed by atoms with E-state index in [1.807, 2.05) is 37.3 Å². The maximum absolute atomic E-state index is 12.1. The number of carbonyl (C=O) groups is 1. The molecule has 0 aliphatic rings. The van der Waals surface area contributed by atoms with E-state index in [0.717, 1.165) is 24.8 Å². The van der Waals surface area contributed by atoms with Crippen LogP contribution in [0, 0.1) is 0 Å². The van der Waals surface area contributed by atoms with Gasteiger partial charge in [-0.15, -0.1) is 0 Å². The van der Waals surface area contributed by atoms with Crippen LogP contribution in [0.1, 0.15) is 43.5 Å². The smallest absolute Gasteiger partial charge is 0.191 e. The molecule has 0 aliphatic carbocycles. The van der Waals surface area contributed by atoms with E-state index in [9.17, 15) is 4.79 Å². The molecule has 2 nitrogen and oxygen atoms in total. The van der Waals surface area contributed by atoms with Crippen LogP contribution in [0.5, 0.6) is 0 Å². The first-order valence-electron chi connectivity index (χ1n) is 6.00. The molecule has 0 spiro atoms. The summed E-state index contributed by atoms with van der Waals surface area (Å²) in [4.78, 5) is 12.1. The van der Waals surface area contributed by atoms with Gasteiger partial charge in [0.05, 0.1) is 0 Å². The predicted molar refractivity (Wildman–Crippen MR) is 65.7 cm³/mol. The lowest BCUT2D eigenvalue weighted by Crippen LogP contribution is -2.24. The third kappa shape index (κ3) is 3.78. The largest absolute Gasteiger partial charge is 0.370 e. The second-order valence-electron chi connectivity index (χ2n) is 3.82. The lowest BCUT2D eigenvalue weighted by molar-refractivity contribution is 0.0418. The van der Waals surface area contributed by atoms with Crippen LogP contribution in [0.2, 0.25) is 0 Å². The van der Waals surface area contributed by atoms with Crippen LogP contribution >= 0.6 is 0 Å². The lowest BCUT2D eigenvalue weighted by atomic mass is 10.0. The number of carbonyl (C=O) groups excluding carboxylic acids is 1. The van der Waals surface area contributed by atoms with E-state index in [1.165, 1.54) is 0 Å². The number of Topliss-reactive ketones (excluding diaryl/α,β-unsaturated/α-hetero) is 1. The fourth-order valence-corrected chi connectivity index (χ4v) is 1.67. The molecule has 1 aromatic carbocycles. The van der Waals surface area contributed by atoms with Gasteiger partial charge in [-0.2, -0.15) is 0 Å². The molecule has 1 aromatic rings. The van der Waals surface area contributed by atoms with Gasteiger partial charge in [-0.3, -0.25) is 4.79 Å². The second-order valence-corrected chi connectivity index (χ2v) is 3.82. The summed E-state index contributed by atoms with van der Waals surface area (Å²) in [6.07, 6.45) is 2.67. The predicted octanol–water partition coefficient (Wildman–Crippen LogP) is 3.46. The number of ketones is 1. The molecule has 0 radical (unpaired) electrons. The normalized spacial score (nSPS) is 12.4. The molecular weight excluding hydrogens is 200 g/mol. The van der Waals surface area contributed by atoms with Gasteiger partial charge in [-0.25, -0.2) is 0 Å². The summed E-state index contributed by atoms with van der Waals surface area (Å²) in [6, 6.07) is 9.38. The summed E-state index contributed by atoms with van der Waals surface area (Å²) >= 11 is 0. The first kappa shape index (κ1) is 12.9. The Morgan fingerprint density at radius 3 is 2.50 bits per heavy atom. The van der Waals surface area contributed by atoms with Gasteiger partial charge >= 0.3 is 0 Å². The van der Waals surface area contributed by atoms with Crippen molar-refractivity contribution >= 4 is 5.78 Å². The highest BCUT2D eigenvalue weighted by atomic mass is 16.5. The molecule has 0 amide bonds. The first-order valence-corrected chi connectivity index (χ1v) is 6.00. The Labute approximate surface area is 97.6 Å². The van der Waals surface area contributed by atoms with Crippen molar-refractivity contribution in [3.8, 4) is 0 Å². The Balaban J connectivity index is 2.67. The minimum absolute atomic E-state index is 0.107. The van der Waals surface area contributed by atoms with E-state index in [4.69, 9.17) is 4.74 Å². The Morgan fingerprint density at radius 2 is 1.94 bits per heavy atom. The summed E-state index contributed by atoms with van der Waals surface area (Å²) in [5.41, 5.74) is 0.747. The van der Waals surface area contributed by atoms with Gasteiger partial charge in [0, 0.05) is 12.2 Å². The zero-order valence-electron chi connectivity index (χ0n) is 10.1. The van der Waals surface area contributed by atoms with Crippen LogP contribution in [-0.4, -0.2) is 18.5 Å². The molecule has 1 atom stereocenters. The van der Waals surface area contributed by atoms with Crippen LogP contribution in [0.3, 0.4) is 0 Å². The van der Waals surface area contributed by atoms with Crippen molar-refractivity contribution < 1.29 is 9.53 Å². The molecule has 0 heterocycles. The van der Waals surface area contributed by atoms with Crippen molar-refractivity contribution in [1.29, 1.82) is 0 Å². The average Bonchev–Trinajstić information content (AvgIpc) is 2.35. The fraction of sp³-hybridized carbons (Fsp3) is 0.500. The molecule has 0 fully saturated rings. The summed E-state index contributed by atoms with van der Waals surface area (Å²) < 4.78 is 5.51. The van der Waals surface area contributed by atoms with Crippen molar-refractivity contribution in [2.75, 3.05) is 6.61 Å². The van der Waals surface area contributed by atoms with Gasteiger partial charge in [0.15, 0.2) is 5.78 Å². The monoisotopic (exact) mass is 220 g/mol. The van der Waals surface area contributed by atoms with E-state index in [0.29, 0.717) is 6.61 Å². The quantitative estimate of drug-likeness (QED) is 0.658. The van der Waals surface area contributed by atoms with Crippen molar-refractivity contribution in [3.63, 3.8) is 0 Å². The van der Waals surface area contributed by atoms with Crippen LogP contribution in [0.15, 0.2) is 30.3 Å². The summed E-state index contributed by atoms with van der Waals surface area (Å²) in [5, 5.41) is 0. The molecule has 0 N–H and O–H groups in total. The highest BCUT2D eigenvalue weighted by Gasteiger charge is 2.19. The first-order chi connectivity index (χ1) is 7.79. The molecule has 88 valence electrons. The highest BCUT2D eigenvalue weighted by Crippen LogP contribution is 2.12. The van der Waals surface area contributed by atoms with Gasteiger partial charge in [-0.1, -0.05) is 50.1 Å². The number of rotatable bonds is 7. The molecule has 1 rings (SSSR count). The zero-order chi connectivity index (χ0) is 11.8. The van der Waals surface area contributed by atoms with Gasteiger partial charge in [0.2, 0.25) is 0 Å². The van der Waals surface area contributed by atoms with E-state index in [-0.39, 0.29) is 11.9 Å². The van der Waals surface area contributed by atoms with E-state index in [2.05, 4.69) is 6.92 Å².